The normalized spacial score (nSPS) is 13.6. The minimum atomic E-state index is -4.20. The predicted octanol–water partition coefficient (Wildman–Crippen LogP) is 3.26. The SMILES string of the molecule is CCn1nc(C(F)S(=O)(=O)c2nc3ccccc3s2)cc1C. The Morgan fingerprint density at radius 2 is 2.09 bits per heavy atom. The quantitative estimate of drug-likeness (QED) is 0.732. The van der Waals surface area contributed by atoms with Crippen LogP contribution in [0.2, 0.25) is 0 Å². The zero-order valence-corrected chi connectivity index (χ0v) is 13.7. The van der Waals surface area contributed by atoms with Gasteiger partial charge in [0, 0.05) is 12.2 Å². The van der Waals surface area contributed by atoms with E-state index in [9.17, 15) is 12.8 Å². The van der Waals surface area contributed by atoms with E-state index in [0.717, 1.165) is 17.0 Å². The van der Waals surface area contributed by atoms with Gasteiger partial charge in [-0.25, -0.2) is 17.8 Å². The summed E-state index contributed by atoms with van der Waals surface area (Å²) in [7, 11) is -4.20. The molecule has 22 heavy (non-hydrogen) atoms. The first-order valence-electron chi connectivity index (χ1n) is 6.71. The summed E-state index contributed by atoms with van der Waals surface area (Å²) >= 11 is 0.970. The van der Waals surface area contributed by atoms with Crippen molar-refractivity contribution < 1.29 is 12.8 Å². The Labute approximate surface area is 131 Å². The van der Waals surface area contributed by atoms with Gasteiger partial charge < -0.3 is 0 Å². The van der Waals surface area contributed by atoms with Crippen LogP contribution in [0.1, 0.15) is 23.8 Å². The van der Waals surface area contributed by atoms with Gasteiger partial charge in [0.1, 0.15) is 5.69 Å². The van der Waals surface area contributed by atoms with E-state index in [1.807, 2.05) is 6.92 Å². The molecule has 0 bridgehead atoms. The van der Waals surface area contributed by atoms with E-state index in [-0.39, 0.29) is 10.0 Å². The van der Waals surface area contributed by atoms with Crippen LogP contribution in [0.3, 0.4) is 0 Å². The summed E-state index contributed by atoms with van der Waals surface area (Å²) in [4.78, 5) is 4.04. The van der Waals surface area contributed by atoms with Gasteiger partial charge in [-0.2, -0.15) is 5.10 Å². The summed E-state index contributed by atoms with van der Waals surface area (Å²) < 4.78 is 41.5. The van der Waals surface area contributed by atoms with Crippen molar-refractivity contribution in [3.63, 3.8) is 0 Å². The second kappa shape index (κ2) is 5.44. The molecule has 3 rings (SSSR count). The van der Waals surface area contributed by atoms with Crippen LogP contribution in [-0.4, -0.2) is 23.2 Å². The van der Waals surface area contributed by atoms with Gasteiger partial charge in [0.25, 0.3) is 5.50 Å². The Hall–Kier alpha value is -1.80. The number of thiazole rings is 1. The van der Waals surface area contributed by atoms with Crippen LogP contribution in [0.15, 0.2) is 34.7 Å². The molecular formula is C14H14FN3O2S2. The molecule has 0 aliphatic heterocycles. The zero-order valence-electron chi connectivity index (χ0n) is 12.0. The number of hydrogen-bond acceptors (Lipinski definition) is 5. The molecule has 0 aliphatic carbocycles. The first-order valence-corrected chi connectivity index (χ1v) is 9.07. The van der Waals surface area contributed by atoms with Crippen LogP contribution >= 0.6 is 11.3 Å². The fourth-order valence-electron chi connectivity index (χ4n) is 2.19. The molecule has 1 atom stereocenters. The summed E-state index contributed by atoms with van der Waals surface area (Å²) in [6, 6.07) is 8.47. The van der Waals surface area contributed by atoms with Crippen LogP contribution in [0.5, 0.6) is 0 Å². The Kier molecular flexibility index (Phi) is 3.73. The number of rotatable bonds is 4. The molecule has 5 nitrogen and oxygen atoms in total. The van der Waals surface area contributed by atoms with Crippen molar-refractivity contribution in [1.82, 2.24) is 14.8 Å². The number of fused-ring (bicyclic) bond motifs is 1. The number of nitrogens with zero attached hydrogens (tertiary/aromatic N) is 3. The third-order valence-electron chi connectivity index (χ3n) is 3.32. The maximum Gasteiger partial charge on any atom is 0.251 e. The number of halogens is 1. The maximum atomic E-state index is 14.6. The molecule has 2 heterocycles. The molecule has 0 aliphatic rings. The Morgan fingerprint density at radius 1 is 1.36 bits per heavy atom. The molecular weight excluding hydrogens is 325 g/mol. The average Bonchev–Trinajstić information content (AvgIpc) is 3.09. The van der Waals surface area contributed by atoms with Gasteiger partial charge >= 0.3 is 0 Å². The van der Waals surface area contributed by atoms with Gasteiger partial charge in [0.2, 0.25) is 14.2 Å². The molecule has 2 aromatic heterocycles. The molecule has 0 saturated carbocycles. The van der Waals surface area contributed by atoms with Gasteiger partial charge in [0.05, 0.1) is 10.2 Å². The Morgan fingerprint density at radius 3 is 2.73 bits per heavy atom. The number of aryl methyl sites for hydroxylation is 2. The summed E-state index contributed by atoms with van der Waals surface area (Å²) in [5.74, 6) is 0. The molecule has 0 radical (unpaired) electrons. The van der Waals surface area contributed by atoms with Crippen LogP contribution in [0.25, 0.3) is 10.2 Å². The van der Waals surface area contributed by atoms with Crippen LogP contribution < -0.4 is 0 Å². The molecule has 8 heteroatoms. The maximum absolute atomic E-state index is 14.6. The van der Waals surface area contributed by atoms with E-state index in [1.165, 1.54) is 6.07 Å². The van der Waals surface area contributed by atoms with Crippen molar-refractivity contribution in [2.75, 3.05) is 0 Å². The minimum absolute atomic E-state index is 0.0985. The van der Waals surface area contributed by atoms with Crippen molar-refractivity contribution in [3.05, 3.63) is 41.7 Å². The van der Waals surface area contributed by atoms with E-state index in [1.54, 1.807) is 35.9 Å². The number of hydrogen-bond donors (Lipinski definition) is 0. The second-order valence-electron chi connectivity index (χ2n) is 4.83. The molecule has 0 spiro atoms. The van der Waals surface area contributed by atoms with Gasteiger partial charge in [-0.15, -0.1) is 11.3 Å². The fourth-order valence-corrected chi connectivity index (χ4v) is 4.71. The summed E-state index contributed by atoms with van der Waals surface area (Å²) in [5.41, 5.74) is -1.04. The monoisotopic (exact) mass is 339 g/mol. The van der Waals surface area contributed by atoms with Crippen molar-refractivity contribution in [3.8, 4) is 0 Å². The molecule has 0 N–H and O–H groups in total. The molecule has 1 aromatic carbocycles. The molecule has 0 amide bonds. The van der Waals surface area contributed by atoms with E-state index in [4.69, 9.17) is 0 Å². The highest BCUT2D eigenvalue weighted by Crippen LogP contribution is 2.34. The number of benzene rings is 1. The standard InChI is InChI=1S/C14H14FN3O2S2/c1-3-18-9(2)8-11(17-18)13(15)22(19,20)14-16-10-6-4-5-7-12(10)21-14/h4-8,13H,3H2,1-2H3. The van der Waals surface area contributed by atoms with Gasteiger partial charge in [-0.05, 0) is 32.0 Å². The molecule has 0 saturated heterocycles. The third-order valence-corrected chi connectivity index (χ3v) is 6.46. The smallest absolute Gasteiger partial charge is 0.251 e. The van der Waals surface area contributed by atoms with Crippen molar-refractivity contribution in [2.24, 2.45) is 0 Å². The van der Waals surface area contributed by atoms with E-state index >= 15 is 0 Å². The lowest BCUT2D eigenvalue weighted by atomic mass is 10.3. The predicted molar refractivity (Wildman–Crippen MR) is 83.3 cm³/mol. The summed E-state index contributed by atoms with van der Waals surface area (Å²) in [6.45, 7) is 4.18. The van der Waals surface area contributed by atoms with Gasteiger partial charge in [0.15, 0.2) is 0 Å². The van der Waals surface area contributed by atoms with Crippen LogP contribution in [-0.2, 0) is 16.4 Å². The van der Waals surface area contributed by atoms with E-state index in [2.05, 4.69) is 10.1 Å². The number of para-hydroxylation sites is 1. The fraction of sp³-hybridized carbons (Fsp3) is 0.286. The van der Waals surface area contributed by atoms with Gasteiger partial charge in [-0.1, -0.05) is 12.1 Å². The van der Waals surface area contributed by atoms with Crippen LogP contribution in [0, 0.1) is 6.92 Å². The first-order chi connectivity index (χ1) is 10.4. The molecule has 1 unspecified atom stereocenters. The Bertz CT molecular complexity index is 898. The topological polar surface area (TPSA) is 64.8 Å². The number of alkyl halides is 1. The lowest BCUT2D eigenvalue weighted by molar-refractivity contribution is 0.418. The first kappa shape index (κ1) is 15.1. The average molecular weight is 339 g/mol. The zero-order chi connectivity index (χ0) is 15.9. The largest absolute Gasteiger partial charge is 0.270 e. The van der Waals surface area contributed by atoms with Gasteiger partial charge in [-0.3, -0.25) is 4.68 Å². The van der Waals surface area contributed by atoms with Crippen LogP contribution in [0.4, 0.5) is 4.39 Å². The van der Waals surface area contributed by atoms with E-state index < -0.39 is 15.3 Å². The molecule has 116 valence electrons. The molecule has 0 fully saturated rings. The number of sulfone groups is 1. The minimum Gasteiger partial charge on any atom is -0.270 e. The lowest BCUT2D eigenvalue weighted by Crippen LogP contribution is -2.10. The summed E-state index contributed by atoms with van der Waals surface area (Å²) in [6.07, 6.45) is 0. The third kappa shape index (κ3) is 2.42. The highest BCUT2D eigenvalue weighted by molar-refractivity contribution is 7.93. The highest BCUT2D eigenvalue weighted by atomic mass is 32.2. The second-order valence-corrected chi connectivity index (χ2v) is 8.01. The van der Waals surface area contributed by atoms with Crippen molar-refractivity contribution in [2.45, 2.75) is 30.2 Å². The lowest BCUT2D eigenvalue weighted by Gasteiger charge is -2.04. The highest BCUT2D eigenvalue weighted by Gasteiger charge is 2.34. The van der Waals surface area contributed by atoms with Crippen molar-refractivity contribution >= 4 is 31.4 Å². The summed E-state index contributed by atoms with van der Waals surface area (Å²) in [5, 5.41) is 4.01. The van der Waals surface area contributed by atoms with E-state index in [0.29, 0.717) is 16.8 Å². The Balaban J connectivity index is 2.04. The number of aromatic nitrogens is 3. The molecule has 3 aromatic rings. The van der Waals surface area contributed by atoms with Crippen molar-refractivity contribution in [1.29, 1.82) is 0 Å².